The zero-order chi connectivity index (χ0) is 10.7. The fourth-order valence-corrected chi connectivity index (χ4v) is 2.64. The quantitative estimate of drug-likeness (QED) is 0.662. The Balaban J connectivity index is 1.92. The number of hydrogen-bond donors (Lipinski definition) is 0. The molecule has 1 amide bonds. The molecule has 2 aliphatic rings. The number of rotatable bonds is 1. The maximum Gasteiger partial charge on any atom is 0.226 e. The highest BCUT2D eigenvalue weighted by Gasteiger charge is 2.30. The molecular weight excluding hydrogens is 190 g/mol. The van der Waals surface area contributed by atoms with E-state index in [2.05, 4.69) is 6.92 Å². The molecular formula is C12H21NO2. The predicted octanol–water partition coefficient (Wildman–Crippen LogP) is 1.81. The van der Waals surface area contributed by atoms with E-state index in [-0.39, 0.29) is 6.04 Å². The Morgan fingerprint density at radius 3 is 2.67 bits per heavy atom. The van der Waals surface area contributed by atoms with E-state index in [1.807, 2.05) is 4.90 Å². The molecule has 1 heterocycles. The van der Waals surface area contributed by atoms with Crippen LogP contribution in [-0.4, -0.2) is 36.6 Å². The Labute approximate surface area is 91.8 Å². The first-order chi connectivity index (χ1) is 7.29. The summed E-state index contributed by atoms with van der Waals surface area (Å²) < 4.78 is 5.36. The third-order valence-corrected chi connectivity index (χ3v) is 3.61. The first kappa shape index (κ1) is 10.9. The molecule has 2 fully saturated rings. The van der Waals surface area contributed by atoms with Crippen molar-refractivity contribution < 1.29 is 9.53 Å². The van der Waals surface area contributed by atoms with Crippen LogP contribution in [0.2, 0.25) is 0 Å². The van der Waals surface area contributed by atoms with E-state index in [0.29, 0.717) is 25.0 Å². The van der Waals surface area contributed by atoms with Crippen LogP contribution in [-0.2, 0) is 9.53 Å². The highest BCUT2D eigenvalue weighted by Crippen LogP contribution is 2.26. The maximum absolute atomic E-state index is 12.2. The Hall–Kier alpha value is -0.570. The molecule has 3 heteroatoms. The average Bonchev–Trinajstić information content (AvgIpc) is 2.30. The van der Waals surface area contributed by atoms with Gasteiger partial charge in [-0.2, -0.15) is 0 Å². The molecule has 15 heavy (non-hydrogen) atoms. The van der Waals surface area contributed by atoms with E-state index >= 15 is 0 Å². The van der Waals surface area contributed by atoms with Crippen LogP contribution in [0.3, 0.4) is 0 Å². The summed E-state index contributed by atoms with van der Waals surface area (Å²) in [6, 6.07) is 0.271. The number of nitrogens with zero attached hydrogens (tertiary/aromatic N) is 1. The van der Waals surface area contributed by atoms with Gasteiger partial charge in [0, 0.05) is 12.5 Å². The lowest BCUT2D eigenvalue weighted by Crippen LogP contribution is -2.49. The minimum absolute atomic E-state index is 0.271. The van der Waals surface area contributed by atoms with Gasteiger partial charge in [0.1, 0.15) is 0 Å². The molecule has 2 rings (SSSR count). The summed E-state index contributed by atoms with van der Waals surface area (Å²) in [4.78, 5) is 14.3. The van der Waals surface area contributed by atoms with Crippen molar-refractivity contribution in [1.29, 1.82) is 0 Å². The summed E-state index contributed by atoms with van der Waals surface area (Å²) in [6.07, 6.45) is 5.97. The van der Waals surface area contributed by atoms with E-state index in [9.17, 15) is 4.79 Å². The molecule has 3 nitrogen and oxygen atoms in total. The number of hydrogen-bond acceptors (Lipinski definition) is 2. The van der Waals surface area contributed by atoms with Crippen molar-refractivity contribution in [1.82, 2.24) is 4.90 Å². The van der Waals surface area contributed by atoms with Gasteiger partial charge in [-0.1, -0.05) is 19.3 Å². The van der Waals surface area contributed by atoms with Gasteiger partial charge in [0.05, 0.1) is 19.3 Å². The second-order valence-electron chi connectivity index (χ2n) is 4.79. The largest absolute Gasteiger partial charge is 0.377 e. The van der Waals surface area contributed by atoms with E-state index in [4.69, 9.17) is 4.74 Å². The van der Waals surface area contributed by atoms with Crippen molar-refractivity contribution >= 4 is 5.91 Å². The highest BCUT2D eigenvalue weighted by atomic mass is 16.5. The van der Waals surface area contributed by atoms with Gasteiger partial charge in [-0.15, -0.1) is 0 Å². The molecule has 0 unspecified atom stereocenters. The molecule has 0 N–H and O–H groups in total. The average molecular weight is 211 g/mol. The molecule has 0 bridgehead atoms. The number of carbonyl (C=O) groups is 1. The van der Waals surface area contributed by atoms with Crippen molar-refractivity contribution in [3.63, 3.8) is 0 Å². The fourth-order valence-electron chi connectivity index (χ4n) is 2.64. The van der Waals surface area contributed by atoms with Crippen LogP contribution in [0.1, 0.15) is 39.0 Å². The summed E-state index contributed by atoms with van der Waals surface area (Å²) in [5.74, 6) is 0.685. The lowest BCUT2D eigenvalue weighted by molar-refractivity contribution is -0.144. The van der Waals surface area contributed by atoms with Gasteiger partial charge in [-0.3, -0.25) is 4.79 Å². The normalized spacial score (nSPS) is 29.1. The second kappa shape index (κ2) is 4.97. The third-order valence-electron chi connectivity index (χ3n) is 3.61. The molecule has 1 aliphatic heterocycles. The Morgan fingerprint density at radius 2 is 2.00 bits per heavy atom. The lowest BCUT2D eigenvalue weighted by Gasteiger charge is -2.36. The number of amides is 1. The van der Waals surface area contributed by atoms with E-state index in [1.165, 1.54) is 19.3 Å². The van der Waals surface area contributed by atoms with E-state index in [1.54, 1.807) is 0 Å². The number of morpholine rings is 1. The van der Waals surface area contributed by atoms with Gasteiger partial charge in [0.15, 0.2) is 0 Å². The van der Waals surface area contributed by atoms with Crippen molar-refractivity contribution in [3.8, 4) is 0 Å². The van der Waals surface area contributed by atoms with Crippen LogP contribution in [0.4, 0.5) is 0 Å². The van der Waals surface area contributed by atoms with Gasteiger partial charge in [0.25, 0.3) is 0 Å². The number of ether oxygens (including phenoxy) is 1. The predicted molar refractivity (Wildman–Crippen MR) is 58.6 cm³/mol. The summed E-state index contributed by atoms with van der Waals surface area (Å²) >= 11 is 0. The molecule has 1 saturated carbocycles. The van der Waals surface area contributed by atoms with Crippen LogP contribution in [0.5, 0.6) is 0 Å². The molecule has 0 aromatic heterocycles. The summed E-state index contributed by atoms with van der Waals surface area (Å²) in [6.45, 7) is 4.29. The molecule has 86 valence electrons. The monoisotopic (exact) mass is 211 g/mol. The first-order valence-corrected chi connectivity index (χ1v) is 6.17. The zero-order valence-electron chi connectivity index (χ0n) is 9.58. The molecule has 1 aliphatic carbocycles. The number of carbonyl (C=O) groups excluding carboxylic acids is 1. The van der Waals surface area contributed by atoms with Crippen LogP contribution in [0.25, 0.3) is 0 Å². The lowest BCUT2D eigenvalue weighted by atomic mass is 9.88. The van der Waals surface area contributed by atoms with Gasteiger partial charge < -0.3 is 9.64 Å². The standard InChI is InChI=1S/C12H21NO2/c1-10-9-15-8-7-13(10)12(14)11-5-3-2-4-6-11/h10-11H,2-9H2,1H3/t10-/m0/s1. The van der Waals surface area contributed by atoms with Crippen molar-refractivity contribution in [2.75, 3.05) is 19.8 Å². The topological polar surface area (TPSA) is 29.5 Å². The van der Waals surface area contributed by atoms with Gasteiger partial charge in [-0.05, 0) is 19.8 Å². The van der Waals surface area contributed by atoms with Crippen LogP contribution in [0.15, 0.2) is 0 Å². The van der Waals surface area contributed by atoms with E-state index in [0.717, 1.165) is 19.4 Å². The van der Waals surface area contributed by atoms with Gasteiger partial charge in [0.2, 0.25) is 5.91 Å². The van der Waals surface area contributed by atoms with Gasteiger partial charge in [-0.25, -0.2) is 0 Å². The van der Waals surface area contributed by atoms with Crippen molar-refractivity contribution in [2.24, 2.45) is 5.92 Å². The fraction of sp³-hybridized carbons (Fsp3) is 0.917. The van der Waals surface area contributed by atoms with E-state index < -0.39 is 0 Å². The molecule has 1 atom stereocenters. The Kier molecular flexibility index (Phi) is 3.62. The van der Waals surface area contributed by atoms with Gasteiger partial charge >= 0.3 is 0 Å². The molecule has 0 aromatic carbocycles. The first-order valence-electron chi connectivity index (χ1n) is 6.17. The highest BCUT2D eigenvalue weighted by molar-refractivity contribution is 5.79. The summed E-state index contributed by atoms with van der Waals surface area (Å²) in [7, 11) is 0. The summed E-state index contributed by atoms with van der Waals surface area (Å²) in [5.41, 5.74) is 0. The third kappa shape index (κ3) is 2.51. The zero-order valence-corrected chi connectivity index (χ0v) is 9.58. The molecule has 1 saturated heterocycles. The second-order valence-corrected chi connectivity index (χ2v) is 4.79. The van der Waals surface area contributed by atoms with Crippen LogP contribution >= 0.6 is 0 Å². The Morgan fingerprint density at radius 1 is 1.27 bits per heavy atom. The van der Waals surface area contributed by atoms with Crippen LogP contribution < -0.4 is 0 Å². The molecule has 0 radical (unpaired) electrons. The smallest absolute Gasteiger partial charge is 0.226 e. The SMILES string of the molecule is C[C@H]1COCCN1C(=O)C1CCCCC1. The summed E-state index contributed by atoms with van der Waals surface area (Å²) in [5, 5.41) is 0. The maximum atomic E-state index is 12.2. The van der Waals surface area contributed by atoms with Crippen molar-refractivity contribution in [3.05, 3.63) is 0 Å². The molecule has 0 aromatic rings. The minimum atomic E-state index is 0.271. The minimum Gasteiger partial charge on any atom is -0.377 e. The van der Waals surface area contributed by atoms with Crippen LogP contribution in [0, 0.1) is 5.92 Å². The van der Waals surface area contributed by atoms with Crippen molar-refractivity contribution in [2.45, 2.75) is 45.1 Å². The Bertz CT molecular complexity index is 224. The molecule has 0 spiro atoms.